The Morgan fingerprint density at radius 2 is 0.953 bits per heavy atom. The molecule has 2 aromatic rings. The van der Waals surface area contributed by atoms with Crippen LogP contribution >= 0.6 is 0 Å². The standard InChI is InChI=1S/C30H44N2O2.2C2H4O2.Co/c1-19(2)11-23-13-25(29(33)27(15-23)21(5)6)17-31-9-10-32-18-26-14-24(12-20(3)4)16-28(22(7)8)30(26)34;2*1-2(3)4;/h13-22,33-34H,9-12H2,1-8H3;2*1H3,(H,3,4);/q;;;+2/p-2. The van der Waals surface area contributed by atoms with Gasteiger partial charge in [0.25, 0.3) is 0 Å². The first-order valence-corrected chi connectivity index (χ1v) is 14.5. The van der Waals surface area contributed by atoms with E-state index < -0.39 is 11.9 Å². The molecule has 0 bridgehead atoms. The number of phenols is 2. The second kappa shape index (κ2) is 21.5. The third kappa shape index (κ3) is 18.2. The van der Waals surface area contributed by atoms with E-state index in [2.05, 4.69) is 77.5 Å². The van der Waals surface area contributed by atoms with E-state index in [1.165, 1.54) is 11.1 Å². The molecule has 0 atom stereocenters. The van der Waals surface area contributed by atoms with Crippen LogP contribution in [-0.2, 0) is 39.2 Å². The van der Waals surface area contributed by atoms with Crippen molar-refractivity contribution < 1.29 is 46.8 Å². The van der Waals surface area contributed by atoms with Crippen LogP contribution < -0.4 is 10.2 Å². The second-order valence-corrected chi connectivity index (χ2v) is 11.8. The van der Waals surface area contributed by atoms with Crippen molar-refractivity contribution in [3.63, 3.8) is 0 Å². The molecule has 0 amide bonds. The first-order valence-electron chi connectivity index (χ1n) is 14.5. The molecule has 241 valence electrons. The molecule has 0 aliphatic rings. The van der Waals surface area contributed by atoms with Crippen LogP contribution in [0.5, 0.6) is 11.5 Å². The zero-order valence-corrected chi connectivity index (χ0v) is 28.4. The summed E-state index contributed by atoms with van der Waals surface area (Å²) in [5, 5.41) is 39.2. The molecule has 8 nitrogen and oxygen atoms in total. The van der Waals surface area contributed by atoms with Crippen LogP contribution in [-0.4, -0.2) is 47.7 Å². The fraction of sp³-hybridized carbons (Fsp3) is 0.529. The van der Waals surface area contributed by atoms with Gasteiger partial charge in [-0.1, -0.05) is 67.5 Å². The molecule has 0 unspecified atom stereocenters. The fourth-order valence-corrected chi connectivity index (χ4v) is 4.19. The molecule has 0 aromatic heterocycles. The fourth-order valence-electron chi connectivity index (χ4n) is 4.19. The van der Waals surface area contributed by atoms with Crippen molar-refractivity contribution in [2.75, 3.05) is 13.1 Å². The smallest absolute Gasteiger partial charge is 0.550 e. The number of hydrogen-bond donors (Lipinski definition) is 2. The first kappa shape index (κ1) is 42.0. The molecular formula is C34H50CoN2O6. The number of carbonyl (C=O) groups excluding carboxylic acids is 2. The Hall–Kier alpha value is -3.17. The summed E-state index contributed by atoms with van der Waals surface area (Å²) in [6.45, 7) is 20.2. The van der Waals surface area contributed by atoms with Crippen LogP contribution in [0.25, 0.3) is 0 Å². The SMILES string of the molecule is CC(=O)[O-].CC(=O)[O-].CC(C)Cc1cc(C=NCCN=Cc2cc(CC(C)C)cc(C(C)C)c2O)c(O)c(C(C)C)c1.[Co+2]. The number of aromatic hydroxyl groups is 2. The molecule has 0 heterocycles. The van der Waals surface area contributed by atoms with E-state index in [1.54, 1.807) is 12.4 Å². The molecule has 2 rings (SSSR count). The number of phenolic OH excluding ortho intramolecular Hbond substituents is 2. The van der Waals surface area contributed by atoms with Gasteiger partial charge >= 0.3 is 16.8 Å². The number of carboxylic acids is 2. The van der Waals surface area contributed by atoms with Gasteiger partial charge in [0.2, 0.25) is 0 Å². The number of benzene rings is 2. The van der Waals surface area contributed by atoms with E-state index in [0.717, 1.165) is 48.9 Å². The number of carboxylic acid groups (broad SMARTS) is 2. The zero-order valence-electron chi connectivity index (χ0n) is 27.4. The third-order valence-corrected chi connectivity index (χ3v) is 5.81. The number of nitrogens with zero attached hydrogens (tertiary/aromatic N) is 2. The average molecular weight is 642 g/mol. The summed E-state index contributed by atoms with van der Waals surface area (Å²) in [6.07, 6.45) is 5.47. The Morgan fingerprint density at radius 3 is 1.19 bits per heavy atom. The van der Waals surface area contributed by atoms with Gasteiger partial charge in [0.05, 0.1) is 13.1 Å². The molecule has 0 aliphatic carbocycles. The Balaban J connectivity index is 0. The van der Waals surface area contributed by atoms with Crippen molar-refractivity contribution in [3.8, 4) is 11.5 Å². The Morgan fingerprint density at radius 1 is 0.674 bits per heavy atom. The summed E-state index contributed by atoms with van der Waals surface area (Å²) in [5.41, 5.74) is 5.94. The van der Waals surface area contributed by atoms with Gasteiger partial charge in [-0.3, -0.25) is 9.98 Å². The van der Waals surface area contributed by atoms with Gasteiger partial charge in [0.1, 0.15) is 11.5 Å². The van der Waals surface area contributed by atoms with Crippen LogP contribution in [0.4, 0.5) is 0 Å². The number of rotatable bonds is 11. The number of hydrogen-bond acceptors (Lipinski definition) is 8. The normalized spacial score (nSPS) is 11.0. The maximum absolute atomic E-state index is 10.7. The molecule has 1 radical (unpaired) electrons. The molecule has 43 heavy (non-hydrogen) atoms. The summed E-state index contributed by atoms with van der Waals surface area (Å²) >= 11 is 0. The molecule has 0 saturated heterocycles. The van der Waals surface area contributed by atoms with Gasteiger partial charge in [0.15, 0.2) is 0 Å². The summed E-state index contributed by atoms with van der Waals surface area (Å²) < 4.78 is 0. The predicted octanol–water partition coefficient (Wildman–Crippen LogP) is 4.79. The summed E-state index contributed by atoms with van der Waals surface area (Å²) in [5.74, 6) is 0.0777. The van der Waals surface area contributed by atoms with E-state index in [1.807, 2.05) is 12.1 Å². The maximum Gasteiger partial charge on any atom is 2.00 e. The minimum Gasteiger partial charge on any atom is -0.550 e. The van der Waals surface area contributed by atoms with Crippen molar-refractivity contribution in [1.82, 2.24) is 0 Å². The number of aliphatic carboxylic acids is 2. The quantitative estimate of drug-likeness (QED) is 0.267. The number of aliphatic imine (C=N–C) groups is 2. The molecule has 2 aromatic carbocycles. The summed E-state index contributed by atoms with van der Waals surface area (Å²) in [7, 11) is 0. The predicted molar refractivity (Wildman–Crippen MR) is 168 cm³/mol. The van der Waals surface area contributed by atoms with E-state index in [9.17, 15) is 10.2 Å². The van der Waals surface area contributed by atoms with E-state index in [0.29, 0.717) is 36.4 Å². The largest absolute Gasteiger partial charge is 2.00 e. The van der Waals surface area contributed by atoms with Crippen LogP contribution in [0, 0.1) is 11.8 Å². The monoisotopic (exact) mass is 641 g/mol. The van der Waals surface area contributed by atoms with Gasteiger partial charge < -0.3 is 30.0 Å². The average Bonchev–Trinajstić information content (AvgIpc) is 2.82. The van der Waals surface area contributed by atoms with E-state index in [4.69, 9.17) is 19.8 Å². The van der Waals surface area contributed by atoms with Crippen molar-refractivity contribution in [1.29, 1.82) is 0 Å². The molecular weight excluding hydrogens is 591 g/mol. The van der Waals surface area contributed by atoms with E-state index >= 15 is 0 Å². The molecule has 0 fully saturated rings. The van der Waals surface area contributed by atoms with Gasteiger partial charge in [-0.25, -0.2) is 0 Å². The van der Waals surface area contributed by atoms with Crippen LogP contribution in [0.2, 0.25) is 0 Å². The van der Waals surface area contributed by atoms with Crippen LogP contribution in [0.3, 0.4) is 0 Å². The van der Waals surface area contributed by atoms with Gasteiger partial charge in [0, 0.05) is 35.5 Å². The zero-order chi connectivity index (χ0) is 32.6. The molecule has 0 saturated carbocycles. The second-order valence-electron chi connectivity index (χ2n) is 11.8. The minimum absolute atomic E-state index is 0. The Bertz CT molecular complexity index is 1100. The van der Waals surface area contributed by atoms with Crippen LogP contribution in [0.1, 0.15) is 114 Å². The third-order valence-electron chi connectivity index (χ3n) is 5.81. The Kier molecular flexibility index (Phi) is 21.0. The van der Waals surface area contributed by atoms with Crippen LogP contribution in [0.15, 0.2) is 34.3 Å². The molecule has 2 N–H and O–H groups in total. The molecule has 0 aliphatic heterocycles. The summed E-state index contributed by atoms with van der Waals surface area (Å²) in [4.78, 5) is 26.8. The topological polar surface area (TPSA) is 145 Å². The maximum atomic E-state index is 10.7. The minimum atomic E-state index is -1.08. The summed E-state index contributed by atoms with van der Waals surface area (Å²) in [6, 6.07) is 8.32. The van der Waals surface area contributed by atoms with Gasteiger partial charge in [-0.2, -0.15) is 0 Å². The van der Waals surface area contributed by atoms with Gasteiger partial charge in [-0.05, 0) is 84.7 Å². The Labute approximate surface area is 268 Å². The van der Waals surface area contributed by atoms with Crippen molar-refractivity contribution >= 4 is 24.4 Å². The molecule has 0 spiro atoms. The van der Waals surface area contributed by atoms with Crippen molar-refractivity contribution in [2.24, 2.45) is 21.8 Å². The van der Waals surface area contributed by atoms with Crippen molar-refractivity contribution in [3.05, 3.63) is 57.6 Å². The number of carbonyl (C=O) groups is 2. The first-order chi connectivity index (χ1) is 19.5. The van der Waals surface area contributed by atoms with Gasteiger partial charge in [-0.15, -0.1) is 0 Å². The van der Waals surface area contributed by atoms with Crippen molar-refractivity contribution in [2.45, 2.75) is 93.9 Å². The molecule has 9 heteroatoms. The van der Waals surface area contributed by atoms with E-state index in [-0.39, 0.29) is 28.6 Å².